The van der Waals surface area contributed by atoms with Gasteiger partial charge >= 0.3 is 0 Å². The van der Waals surface area contributed by atoms with Crippen LogP contribution in [0.25, 0.3) is 0 Å². The summed E-state index contributed by atoms with van der Waals surface area (Å²) < 4.78 is 1.51. The van der Waals surface area contributed by atoms with Crippen molar-refractivity contribution in [2.75, 3.05) is 0 Å². The third-order valence-corrected chi connectivity index (χ3v) is 0.485. The van der Waals surface area contributed by atoms with E-state index in [1.807, 2.05) is 0 Å². The van der Waals surface area contributed by atoms with E-state index in [1.165, 1.54) is 11.0 Å². The maximum Gasteiger partial charge on any atom is 0.00950 e. The Labute approximate surface area is 35.6 Å². The van der Waals surface area contributed by atoms with Crippen molar-refractivity contribution in [3.05, 3.63) is 12.7 Å². The molecule has 0 amide bonds. The van der Waals surface area contributed by atoms with E-state index < -0.39 is 0 Å². The fraction of sp³-hybridized carbons (Fsp3) is 0.333. The van der Waals surface area contributed by atoms with Gasteiger partial charge in [0.25, 0.3) is 0 Å². The molecule has 1 aromatic heterocycles. The molecule has 1 heterocycles. The average molecular weight is 82.1 g/mol. The highest BCUT2D eigenvalue weighted by atomic mass is 15.3. The van der Waals surface area contributed by atoms with Crippen molar-refractivity contribution >= 4 is 0 Å². The van der Waals surface area contributed by atoms with E-state index in [2.05, 4.69) is 16.4 Å². The molecule has 6 heavy (non-hydrogen) atoms. The SMILES string of the molecule is Cn1[c-]ncn1. The lowest BCUT2D eigenvalue weighted by Crippen LogP contribution is -1.84. The van der Waals surface area contributed by atoms with E-state index in [9.17, 15) is 0 Å². The summed E-state index contributed by atoms with van der Waals surface area (Å²) in [5, 5.41) is 3.67. The zero-order valence-electron chi connectivity index (χ0n) is 3.42. The topological polar surface area (TPSA) is 30.7 Å². The van der Waals surface area contributed by atoms with Crippen molar-refractivity contribution < 1.29 is 0 Å². The van der Waals surface area contributed by atoms with Crippen molar-refractivity contribution in [2.45, 2.75) is 0 Å². The van der Waals surface area contributed by atoms with Crippen LogP contribution in [0.1, 0.15) is 0 Å². The summed E-state index contributed by atoms with van der Waals surface area (Å²) in [5.74, 6) is 0. The molecule has 0 unspecified atom stereocenters. The predicted molar refractivity (Wildman–Crippen MR) is 19.8 cm³/mol. The Morgan fingerprint density at radius 3 is 2.83 bits per heavy atom. The predicted octanol–water partition coefficient (Wildman–Crippen LogP) is -0.385. The van der Waals surface area contributed by atoms with Gasteiger partial charge in [0.15, 0.2) is 0 Å². The fourth-order valence-electron chi connectivity index (χ4n) is 0.238. The fourth-order valence-corrected chi connectivity index (χ4v) is 0.238. The molecule has 0 saturated heterocycles. The molecule has 1 aromatic rings. The van der Waals surface area contributed by atoms with E-state index in [-0.39, 0.29) is 0 Å². The van der Waals surface area contributed by atoms with E-state index >= 15 is 0 Å². The number of aromatic nitrogens is 3. The number of aryl methyl sites for hydroxylation is 1. The zero-order chi connectivity index (χ0) is 4.41. The maximum atomic E-state index is 3.67. The Bertz CT molecular complexity index is 110. The minimum absolute atomic E-state index is 1.44. The van der Waals surface area contributed by atoms with E-state index in [0.717, 1.165) is 0 Å². The second kappa shape index (κ2) is 1.08. The molecule has 0 N–H and O–H groups in total. The summed E-state index contributed by atoms with van der Waals surface area (Å²) in [7, 11) is 1.77. The Morgan fingerprint density at radius 1 is 1.83 bits per heavy atom. The van der Waals surface area contributed by atoms with E-state index in [4.69, 9.17) is 0 Å². The van der Waals surface area contributed by atoms with Gasteiger partial charge in [0.2, 0.25) is 0 Å². The molecule has 0 saturated carbocycles. The van der Waals surface area contributed by atoms with Crippen LogP contribution in [0.15, 0.2) is 6.33 Å². The molecule has 0 radical (unpaired) electrons. The molecular weight excluding hydrogens is 78.1 g/mol. The highest BCUT2D eigenvalue weighted by Gasteiger charge is 1.57. The minimum atomic E-state index is 1.44. The summed E-state index contributed by atoms with van der Waals surface area (Å²) in [6.45, 7) is 0. The van der Waals surface area contributed by atoms with Crippen molar-refractivity contribution in [3.63, 3.8) is 0 Å². The lowest BCUT2D eigenvalue weighted by atomic mass is 11.2. The molecule has 0 fully saturated rings. The highest BCUT2D eigenvalue weighted by molar-refractivity contribution is 4.46. The lowest BCUT2D eigenvalue weighted by Gasteiger charge is -1.85. The molecule has 32 valence electrons. The average Bonchev–Trinajstić information content (AvgIpc) is 1.86. The van der Waals surface area contributed by atoms with Crippen LogP contribution >= 0.6 is 0 Å². The highest BCUT2D eigenvalue weighted by Crippen LogP contribution is 1.63. The van der Waals surface area contributed by atoms with Crippen molar-refractivity contribution in [3.8, 4) is 0 Å². The van der Waals surface area contributed by atoms with Crippen LogP contribution in [0.4, 0.5) is 0 Å². The van der Waals surface area contributed by atoms with Gasteiger partial charge < -0.3 is 9.67 Å². The third kappa shape index (κ3) is 0.381. The van der Waals surface area contributed by atoms with Gasteiger partial charge in [-0.05, 0) is 12.7 Å². The van der Waals surface area contributed by atoms with Gasteiger partial charge in [0.05, 0.1) is 0 Å². The standard InChI is InChI=1S/C3H4N3/c1-6-3-4-2-5-6/h2H,1H3/q-1. The van der Waals surface area contributed by atoms with Crippen molar-refractivity contribution in [2.24, 2.45) is 7.05 Å². The molecule has 3 nitrogen and oxygen atoms in total. The summed E-state index contributed by atoms with van der Waals surface area (Å²) >= 11 is 0. The van der Waals surface area contributed by atoms with Crippen molar-refractivity contribution in [1.82, 2.24) is 14.8 Å². The van der Waals surface area contributed by atoms with E-state index in [0.29, 0.717) is 0 Å². The van der Waals surface area contributed by atoms with Gasteiger partial charge in [-0.25, -0.2) is 0 Å². The normalized spacial score (nSPS) is 8.83. The van der Waals surface area contributed by atoms with Crippen LogP contribution in [0.5, 0.6) is 0 Å². The monoisotopic (exact) mass is 82.0 g/mol. The Kier molecular flexibility index (Phi) is 0.602. The van der Waals surface area contributed by atoms with Crippen LogP contribution in [0.3, 0.4) is 0 Å². The van der Waals surface area contributed by atoms with Crippen LogP contribution < -0.4 is 0 Å². The Morgan fingerprint density at radius 2 is 2.67 bits per heavy atom. The largest absolute Gasteiger partial charge is 0.421 e. The molecule has 3 heteroatoms. The first kappa shape index (κ1) is 3.33. The van der Waals surface area contributed by atoms with Gasteiger partial charge in [-0.3, -0.25) is 5.10 Å². The second-order valence-corrected chi connectivity index (χ2v) is 0.984. The Hall–Kier alpha value is -0.860. The third-order valence-electron chi connectivity index (χ3n) is 0.485. The van der Waals surface area contributed by atoms with Gasteiger partial charge in [0, 0.05) is 7.05 Å². The van der Waals surface area contributed by atoms with Gasteiger partial charge in [-0.2, -0.15) is 0 Å². The van der Waals surface area contributed by atoms with Gasteiger partial charge in [0.1, 0.15) is 0 Å². The summed E-state index contributed by atoms with van der Waals surface area (Å²) in [6.07, 6.45) is 4.00. The molecular formula is C3H4N3-. The first-order valence-corrected chi connectivity index (χ1v) is 1.61. The molecule has 0 aliphatic carbocycles. The Balaban J connectivity index is 3.05. The number of rotatable bonds is 0. The van der Waals surface area contributed by atoms with Crippen LogP contribution in [0, 0.1) is 6.33 Å². The molecule has 1 rings (SSSR count). The van der Waals surface area contributed by atoms with E-state index in [1.54, 1.807) is 7.05 Å². The molecule has 0 atom stereocenters. The quantitative estimate of drug-likeness (QED) is 0.399. The number of hydrogen-bond donors (Lipinski definition) is 0. The molecule has 0 aliphatic heterocycles. The van der Waals surface area contributed by atoms with Crippen LogP contribution in [0.2, 0.25) is 0 Å². The summed E-state index contributed by atoms with van der Waals surface area (Å²) in [5.41, 5.74) is 0. The maximum absolute atomic E-state index is 3.67. The first-order valence-electron chi connectivity index (χ1n) is 1.61. The molecule has 0 spiro atoms. The number of hydrogen-bond acceptors (Lipinski definition) is 2. The van der Waals surface area contributed by atoms with Crippen molar-refractivity contribution in [1.29, 1.82) is 0 Å². The smallest absolute Gasteiger partial charge is 0.00950 e. The molecule has 0 bridgehead atoms. The number of nitrogens with zero attached hydrogens (tertiary/aromatic N) is 3. The zero-order valence-corrected chi connectivity index (χ0v) is 3.42. The van der Waals surface area contributed by atoms with Crippen LogP contribution in [-0.2, 0) is 7.05 Å². The summed E-state index contributed by atoms with van der Waals surface area (Å²) in [4.78, 5) is 3.55. The van der Waals surface area contributed by atoms with Gasteiger partial charge in [-0.15, -0.1) is 0 Å². The molecule has 0 aromatic carbocycles. The first-order chi connectivity index (χ1) is 2.89. The minimum Gasteiger partial charge on any atom is -0.421 e. The lowest BCUT2D eigenvalue weighted by molar-refractivity contribution is 0.759. The van der Waals surface area contributed by atoms with Gasteiger partial charge in [-0.1, -0.05) is 0 Å². The summed E-state index contributed by atoms with van der Waals surface area (Å²) in [6, 6.07) is 0. The second-order valence-electron chi connectivity index (χ2n) is 0.984. The molecule has 0 aliphatic rings. The van der Waals surface area contributed by atoms with Crippen LogP contribution in [-0.4, -0.2) is 14.8 Å².